The molecule has 0 aliphatic rings. The number of rotatable bonds is 6. The lowest BCUT2D eigenvalue weighted by Crippen LogP contribution is -2.38. The van der Waals surface area contributed by atoms with E-state index in [4.69, 9.17) is 14.9 Å². The van der Waals surface area contributed by atoms with Gasteiger partial charge in [-0.2, -0.15) is 0 Å². The van der Waals surface area contributed by atoms with E-state index in [-0.39, 0.29) is 17.9 Å². The van der Waals surface area contributed by atoms with Gasteiger partial charge in [0, 0.05) is 18.0 Å². The van der Waals surface area contributed by atoms with Crippen molar-refractivity contribution in [3.05, 3.63) is 18.1 Å². The molecule has 15 heavy (non-hydrogen) atoms. The van der Waals surface area contributed by atoms with Gasteiger partial charge in [-0.25, -0.2) is 0 Å². The molecule has 0 aliphatic heterocycles. The summed E-state index contributed by atoms with van der Waals surface area (Å²) in [6.45, 7) is 2.35. The Morgan fingerprint density at radius 3 is 2.87 bits per heavy atom. The number of aryl methyl sites for hydroxylation is 1. The molecule has 0 amide bonds. The maximum absolute atomic E-state index is 9.23. The minimum atomic E-state index is -0.181. The average molecular weight is 231 g/mol. The van der Waals surface area contributed by atoms with Crippen molar-refractivity contribution in [2.45, 2.75) is 23.1 Å². The van der Waals surface area contributed by atoms with Gasteiger partial charge in [0.1, 0.15) is 5.76 Å². The van der Waals surface area contributed by atoms with Gasteiger partial charge in [-0.3, -0.25) is 0 Å². The number of nitrogens with two attached hydrogens (primary N) is 1. The Labute approximate surface area is 93.8 Å². The molecule has 86 valence electrons. The summed E-state index contributed by atoms with van der Waals surface area (Å²) in [7, 11) is 1.60. The highest BCUT2D eigenvalue weighted by Crippen LogP contribution is 2.28. The third-order valence-corrected chi connectivity index (χ3v) is 3.59. The number of aliphatic hydroxyl groups excluding tert-OH is 1. The zero-order chi connectivity index (χ0) is 11.3. The number of ether oxygens (including phenoxy) is 1. The summed E-state index contributed by atoms with van der Waals surface area (Å²) in [6.07, 6.45) is 1.63. The summed E-state index contributed by atoms with van der Waals surface area (Å²) in [4.78, 5) is 1.01. The van der Waals surface area contributed by atoms with Crippen LogP contribution in [0, 0.1) is 6.92 Å². The molecule has 0 spiro atoms. The minimum absolute atomic E-state index is 0.0276. The highest BCUT2D eigenvalue weighted by Gasteiger charge is 2.19. The van der Waals surface area contributed by atoms with Crippen LogP contribution in [-0.2, 0) is 4.74 Å². The van der Waals surface area contributed by atoms with E-state index in [0.717, 1.165) is 10.7 Å². The van der Waals surface area contributed by atoms with E-state index >= 15 is 0 Å². The van der Waals surface area contributed by atoms with E-state index in [0.29, 0.717) is 6.61 Å². The standard InChI is InChI=1S/C10H17NO3S/c1-7-9(3-4-14-7)15-10(5-12)8(11)6-13-2/h3-4,8,10,12H,5-6,11H2,1-2H3. The number of furan rings is 1. The Morgan fingerprint density at radius 1 is 1.67 bits per heavy atom. The topological polar surface area (TPSA) is 68.6 Å². The van der Waals surface area contributed by atoms with Crippen LogP contribution in [0.4, 0.5) is 0 Å². The Balaban J connectivity index is 2.57. The smallest absolute Gasteiger partial charge is 0.114 e. The molecular weight excluding hydrogens is 214 g/mol. The molecule has 2 unspecified atom stereocenters. The second kappa shape index (κ2) is 6.17. The molecule has 0 radical (unpaired) electrons. The van der Waals surface area contributed by atoms with Crippen LogP contribution < -0.4 is 5.73 Å². The number of hydrogen-bond acceptors (Lipinski definition) is 5. The fraction of sp³-hybridized carbons (Fsp3) is 0.600. The SMILES string of the molecule is COCC(N)C(CO)Sc1ccoc1C. The summed E-state index contributed by atoms with van der Waals surface area (Å²) in [5.74, 6) is 0.850. The van der Waals surface area contributed by atoms with Crippen LogP contribution in [0.25, 0.3) is 0 Å². The third kappa shape index (κ3) is 3.53. The monoisotopic (exact) mass is 231 g/mol. The van der Waals surface area contributed by atoms with Crippen molar-refractivity contribution in [1.82, 2.24) is 0 Å². The Bertz CT molecular complexity index is 290. The molecule has 0 fully saturated rings. The molecule has 1 rings (SSSR count). The largest absolute Gasteiger partial charge is 0.468 e. The van der Waals surface area contributed by atoms with E-state index < -0.39 is 0 Å². The first kappa shape index (κ1) is 12.6. The maximum Gasteiger partial charge on any atom is 0.114 e. The molecule has 3 N–H and O–H groups in total. The van der Waals surface area contributed by atoms with E-state index in [1.54, 1.807) is 13.4 Å². The molecule has 0 saturated heterocycles. The van der Waals surface area contributed by atoms with Crippen molar-refractivity contribution < 1.29 is 14.3 Å². The summed E-state index contributed by atoms with van der Waals surface area (Å²) >= 11 is 1.52. The van der Waals surface area contributed by atoms with Crippen molar-refractivity contribution in [3.8, 4) is 0 Å². The Hall–Kier alpha value is -0.490. The molecule has 1 heterocycles. The normalized spacial score (nSPS) is 15.2. The van der Waals surface area contributed by atoms with Gasteiger partial charge in [-0.1, -0.05) is 0 Å². The van der Waals surface area contributed by atoms with Gasteiger partial charge in [0.05, 0.1) is 24.7 Å². The van der Waals surface area contributed by atoms with Crippen LogP contribution >= 0.6 is 11.8 Å². The van der Waals surface area contributed by atoms with Crippen LogP contribution in [0.3, 0.4) is 0 Å². The third-order valence-electron chi connectivity index (χ3n) is 2.11. The first-order valence-electron chi connectivity index (χ1n) is 4.75. The summed E-state index contributed by atoms with van der Waals surface area (Å²) < 4.78 is 10.1. The number of hydrogen-bond donors (Lipinski definition) is 2. The number of thioether (sulfide) groups is 1. The predicted molar refractivity (Wildman–Crippen MR) is 60.0 cm³/mol. The molecule has 0 aliphatic carbocycles. The first-order valence-corrected chi connectivity index (χ1v) is 5.63. The Kier molecular flexibility index (Phi) is 5.17. The van der Waals surface area contributed by atoms with Crippen molar-refractivity contribution in [2.75, 3.05) is 20.3 Å². The Morgan fingerprint density at radius 2 is 2.40 bits per heavy atom. The van der Waals surface area contributed by atoms with Crippen molar-refractivity contribution in [2.24, 2.45) is 5.73 Å². The van der Waals surface area contributed by atoms with Gasteiger partial charge in [0.2, 0.25) is 0 Å². The van der Waals surface area contributed by atoms with Crippen LogP contribution in [0.15, 0.2) is 21.6 Å². The van der Waals surface area contributed by atoms with Crippen molar-refractivity contribution in [1.29, 1.82) is 0 Å². The van der Waals surface area contributed by atoms with Gasteiger partial charge in [0.25, 0.3) is 0 Å². The minimum Gasteiger partial charge on any atom is -0.468 e. The molecule has 1 aromatic rings. The fourth-order valence-electron chi connectivity index (χ4n) is 1.22. The zero-order valence-corrected chi connectivity index (χ0v) is 9.79. The average Bonchev–Trinajstić information content (AvgIpc) is 2.61. The zero-order valence-electron chi connectivity index (χ0n) is 8.97. The van der Waals surface area contributed by atoms with Crippen LogP contribution in [0.1, 0.15) is 5.76 Å². The van der Waals surface area contributed by atoms with Gasteiger partial charge >= 0.3 is 0 Å². The van der Waals surface area contributed by atoms with Crippen LogP contribution in [0.5, 0.6) is 0 Å². The van der Waals surface area contributed by atoms with Crippen molar-refractivity contribution >= 4 is 11.8 Å². The van der Waals surface area contributed by atoms with Gasteiger partial charge in [-0.15, -0.1) is 11.8 Å². The lowest BCUT2D eigenvalue weighted by molar-refractivity contribution is 0.167. The molecule has 5 heteroatoms. The lowest BCUT2D eigenvalue weighted by atomic mass is 10.2. The van der Waals surface area contributed by atoms with Crippen LogP contribution in [-0.4, -0.2) is 36.7 Å². The van der Waals surface area contributed by atoms with E-state index in [1.807, 2.05) is 13.0 Å². The predicted octanol–water partition coefficient (Wildman–Crippen LogP) is 1.01. The van der Waals surface area contributed by atoms with Crippen LogP contribution in [0.2, 0.25) is 0 Å². The van der Waals surface area contributed by atoms with Gasteiger partial charge in [0.15, 0.2) is 0 Å². The second-order valence-electron chi connectivity index (χ2n) is 3.30. The number of methoxy groups -OCH3 is 1. The molecule has 2 atom stereocenters. The van der Waals surface area contributed by atoms with E-state index in [1.165, 1.54) is 11.8 Å². The van der Waals surface area contributed by atoms with E-state index in [9.17, 15) is 5.11 Å². The quantitative estimate of drug-likeness (QED) is 0.715. The lowest BCUT2D eigenvalue weighted by Gasteiger charge is -2.20. The molecule has 0 bridgehead atoms. The van der Waals surface area contributed by atoms with E-state index in [2.05, 4.69) is 0 Å². The molecule has 4 nitrogen and oxygen atoms in total. The molecule has 0 saturated carbocycles. The van der Waals surface area contributed by atoms with Gasteiger partial charge < -0.3 is 20.0 Å². The first-order chi connectivity index (χ1) is 7.19. The molecular formula is C10H17NO3S. The number of aliphatic hydroxyl groups is 1. The molecule has 0 aromatic carbocycles. The highest BCUT2D eigenvalue weighted by atomic mass is 32.2. The summed E-state index contributed by atoms with van der Waals surface area (Å²) in [5, 5.41) is 9.16. The molecule has 1 aromatic heterocycles. The summed E-state index contributed by atoms with van der Waals surface area (Å²) in [5.41, 5.74) is 5.87. The fourth-order valence-corrected chi connectivity index (χ4v) is 2.22. The maximum atomic E-state index is 9.23. The second-order valence-corrected chi connectivity index (χ2v) is 4.58. The van der Waals surface area contributed by atoms with Crippen molar-refractivity contribution in [3.63, 3.8) is 0 Å². The summed E-state index contributed by atoms with van der Waals surface area (Å²) in [6, 6.07) is 1.70. The van der Waals surface area contributed by atoms with Gasteiger partial charge in [-0.05, 0) is 13.0 Å². The highest BCUT2D eigenvalue weighted by molar-refractivity contribution is 8.00.